The number of alkyl halides is 3. The normalized spacial score (nSPS) is 17.2. The standard InChI is InChI=1S/C21H21F3N4O2/c1-4-26-20(25-3)30-14-7-5-6-13(9-14)16-11-19(29)28-18-10-15(21(22,23)24)12(2)8-17(18)27-16/h4-10,16,27H,11H2,1-3H3,(H,28,29). The lowest BCUT2D eigenvalue weighted by atomic mass is 10.0. The highest BCUT2D eigenvalue weighted by Crippen LogP contribution is 2.40. The second-order valence-electron chi connectivity index (χ2n) is 6.73. The highest BCUT2D eigenvalue weighted by atomic mass is 19.4. The molecule has 0 bridgehead atoms. The van der Waals surface area contributed by atoms with Gasteiger partial charge < -0.3 is 15.4 Å². The predicted molar refractivity (Wildman–Crippen MR) is 110 cm³/mol. The van der Waals surface area contributed by atoms with Crippen LogP contribution in [-0.4, -0.2) is 25.2 Å². The van der Waals surface area contributed by atoms with Gasteiger partial charge in [-0.05, 0) is 49.2 Å². The SMILES string of the molecule is CC=NC(=NC)Oc1cccc(C2CC(=O)Nc3cc(C(F)(F)F)c(C)cc3N2)c1. The van der Waals surface area contributed by atoms with E-state index < -0.39 is 17.8 Å². The van der Waals surface area contributed by atoms with Crippen molar-refractivity contribution in [2.24, 2.45) is 9.98 Å². The number of halogens is 3. The number of hydrogen-bond acceptors (Lipinski definition) is 4. The first kappa shape index (κ1) is 21.4. The van der Waals surface area contributed by atoms with E-state index >= 15 is 0 Å². The van der Waals surface area contributed by atoms with Crippen molar-refractivity contribution >= 4 is 29.5 Å². The molecule has 158 valence electrons. The molecule has 0 aliphatic carbocycles. The zero-order valence-corrected chi connectivity index (χ0v) is 16.7. The topological polar surface area (TPSA) is 75.1 Å². The summed E-state index contributed by atoms with van der Waals surface area (Å²) in [6.45, 7) is 3.13. The number of carbonyl (C=O) groups excluding carboxylic acids is 1. The molecule has 2 N–H and O–H groups in total. The van der Waals surface area contributed by atoms with E-state index in [1.807, 2.05) is 6.07 Å². The van der Waals surface area contributed by atoms with Gasteiger partial charge in [-0.15, -0.1) is 0 Å². The molecule has 1 unspecified atom stereocenters. The number of amides is 1. The van der Waals surface area contributed by atoms with Crippen LogP contribution < -0.4 is 15.4 Å². The van der Waals surface area contributed by atoms with Crippen LogP contribution in [0.15, 0.2) is 46.4 Å². The number of hydrogen-bond donors (Lipinski definition) is 2. The number of anilines is 2. The number of rotatable bonds is 2. The Morgan fingerprint density at radius 1 is 1.23 bits per heavy atom. The van der Waals surface area contributed by atoms with E-state index in [9.17, 15) is 18.0 Å². The molecule has 6 nitrogen and oxygen atoms in total. The third-order valence-corrected chi connectivity index (χ3v) is 4.56. The van der Waals surface area contributed by atoms with Crippen LogP contribution in [0.1, 0.15) is 36.1 Å². The van der Waals surface area contributed by atoms with Gasteiger partial charge in [0.1, 0.15) is 5.75 Å². The Labute approximate surface area is 171 Å². The molecule has 30 heavy (non-hydrogen) atoms. The van der Waals surface area contributed by atoms with E-state index in [2.05, 4.69) is 20.6 Å². The van der Waals surface area contributed by atoms with E-state index in [0.29, 0.717) is 11.4 Å². The number of ether oxygens (including phenoxy) is 1. The molecule has 1 heterocycles. The lowest BCUT2D eigenvalue weighted by Crippen LogP contribution is -2.16. The lowest BCUT2D eigenvalue weighted by molar-refractivity contribution is -0.138. The van der Waals surface area contributed by atoms with Gasteiger partial charge >= 0.3 is 12.2 Å². The Morgan fingerprint density at radius 3 is 2.67 bits per heavy atom. The number of amidine groups is 1. The van der Waals surface area contributed by atoms with Crippen molar-refractivity contribution in [1.82, 2.24) is 0 Å². The smallest absolute Gasteiger partial charge is 0.416 e. The van der Waals surface area contributed by atoms with Crippen LogP contribution in [0.3, 0.4) is 0 Å². The maximum atomic E-state index is 13.2. The lowest BCUT2D eigenvalue weighted by Gasteiger charge is -2.19. The Kier molecular flexibility index (Phi) is 6.09. The average molecular weight is 418 g/mol. The number of nitrogens with one attached hydrogen (secondary N) is 2. The minimum atomic E-state index is -4.50. The molecule has 0 saturated heterocycles. The summed E-state index contributed by atoms with van der Waals surface area (Å²) < 4.78 is 45.3. The van der Waals surface area contributed by atoms with Crippen molar-refractivity contribution < 1.29 is 22.7 Å². The maximum Gasteiger partial charge on any atom is 0.416 e. The van der Waals surface area contributed by atoms with Crippen LogP contribution in [0.4, 0.5) is 24.5 Å². The van der Waals surface area contributed by atoms with Gasteiger partial charge in [-0.1, -0.05) is 12.1 Å². The molecular formula is C21H21F3N4O2. The third-order valence-electron chi connectivity index (χ3n) is 4.56. The Bertz CT molecular complexity index is 1020. The molecular weight excluding hydrogens is 397 g/mol. The van der Waals surface area contributed by atoms with Crippen molar-refractivity contribution in [1.29, 1.82) is 0 Å². The second-order valence-corrected chi connectivity index (χ2v) is 6.73. The molecule has 1 atom stereocenters. The van der Waals surface area contributed by atoms with Crippen LogP contribution in [0.25, 0.3) is 0 Å². The number of aryl methyl sites for hydroxylation is 1. The van der Waals surface area contributed by atoms with E-state index in [-0.39, 0.29) is 29.6 Å². The number of carbonyl (C=O) groups is 1. The first-order valence-corrected chi connectivity index (χ1v) is 9.22. The van der Waals surface area contributed by atoms with Crippen molar-refractivity contribution in [2.45, 2.75) is 32.5 Å². The zero-order chi connectivity index (χ0) is 21.9. The van der Waals surface area contributed by atoms with Gasteiger partial charge in [0.25, 0.3) is 0 Å². The first-order chi connectivity index (χ1) is 14.2. The summed E-state index contributed by atoms with van der Waals surface area (Å²) >= 11 is 0. The minimum Gasteiger partial charge on any atom is -0.425 e. The highest BCUT2D eigenvalue weighted by Gasteiger charge is 2.34. The van der Waals surface area contributed by atoms with E-state index in [1.54, 1.807) is 38.4 Å². The monoisotopic (exact) mass is 418 g/mol. The van der Waals surface area contributed by atoms with Gasteiger partial charge in [-0.25, -0.2) is 9.98 Å². The minimum absolute atomic E-state index is 0.0420. The number of aliphatic imine (C=N–C) groups is 2. The van der Waals surface area contributed by atoms with Gasteiger partial charge in [-0.2, -0.15) is 13.2 Å². The van der Waals surface area contributed by atoms with Crippen LogP contribution in [-0.2, 0) is 11.0 Å². The Hall–Kier alpha value is -3.36. The Morgan fingerprint density at radius 2 is 2.00 bits per heavy atom. The summed E-state index contributed by atoms with van der Waals surface area (Å²) in [4.78, 5) is 20.3. The predicted octanol–water partition coefficient (Wildman–Crippen LogP) is 4.96. The van der Waals surface area contributed by atoms with Gasteiger partial charge in [0.2, 0.25) is 5.91 Å². The maximum absolute atomic E-state index is 13.2. The van der Waals surface area contributed by atoms with E-state index in [1.165, 1.54) is 13.0 Å². The van der Waals surface area contributed by atoms with Crippen LogP contribution in [0.2, 0.25) is 0 Å². The third kappa shape index (κ3) is 4.79. The molecule has 2 aromatic carbocycles. The fourth-order valence-electron chi connectivity index (χ4n) is 3.20. The van der Waals surface area contributed by atoms with Crippen LogP contribution >= 0.6 is 0 Å². The molecule has 3 rings (SSSR count). The number of fused-ring (bicyclic) bond motifs is 1. The molecule has 0 aromatic heterocycles. The van der Waals surface area contributed by atoms with Gasteiger partial charge in [0, 0.05) is 13.3 Å². The molecule has 1 amide bonds. The second kappa shape index (κ2) is 8.56. The highest BCUT2D eigenvalue weighted by molar-refractivity contribution is 5.97. The molecule has 0 radical (unpaired) electrons. The van der Waals surface area contributed by atoms with Crippen LogP contribution in [0.5, 0.6) is 5.75 Å². The molecule has 0 spiro atoms. The molecule has 1 aliphatic rings. The van der Waals surface area contributed by atoms with E-state index in [0.717, 1.165) is 11.6 Å². The summed E-state index contributed by atoms with van der Waals surface area (Å²) in [6, 6.07) is 9.12. The van der Waals surface area contributed by atoms with Gasteiger partial charge in [0.15, 0.2) is 0 Å². The largest absolute Gasteiger partial charge is 0.425 e. The fraction of sp³-hybridized carbons (Fsp3) is 0.286. The van der Waals surface area contributed by atoms with Crippen molar-refractivity contribution in [3.8, 4) is 5.75 Å². The van der Waals surface area contributed by atoms with Crippen LogP contribution in [0, 0.1) is 6.92 Å². The van der Waals surface area contributed by atoms with Gasteiger partial charge in [0.05, 0.1) is 29.4 Å². The molecule has 0 fully saturated rings. The molecule has 0 saturated carbocycles. The van der Waals surface area contributed by atoms with Crippen molar-refractivity contribution in [3.05, 3.63) is 53.1 Å². The summed E-state index contributed by atoms with van der Waals surface area (Å²) in [5, 5.41) is 5.74. The summed E-state index contributed by atoms with van der Waals surface area (Å²) in [5.74, 6) is 0.0925. The van der Waals surface area contributed by atoms with Crippen molar-refractivity contribution in [2.75, 3.05) is 17.7 Å². The molecule has 9 heteroatoms. The molecule has 2 aromatic rings. The fourth-order valence-corrected chi connectivity index (χ4v) is 3.20. The number of nitrogens with zero attached hydrogens (tertiary/aromatic N) is 2. The van der Waals surface area contributed by atoms with E-state index in [4.69, 9.17) is 4.74 Å². The Balaban J connectivity index is 1.93. The quantitative estimate of drug-likeness (QED) is 0.534. The summed E-state index contributed by atoms with van der Waals surface area (Å²) in [7, 11) is 1.55. The summed E-state index contributed by atoms with van der Waals surface area (Å²) in [6.07, 6.45) is -2.90. The van der Waals surface area contributed by atoms with Gasteiger partial charge in [-0.3, -0.25) is 4.79 Å². The zero-order valence-electron chi connectivity index (χ0n) is 16.7. The number of benzene rings is 2. The van der Waals surface area contributed by atoms with Crippen molar-refractivity contribution in [3.63, 3.8) is 0 Å². The molecule has 1 aliphatic heterocycles. The first-order valence-electron chi connectivity index (χ1n) is 9.22. The summed E-state index contributed by atoms with van der Waals surface area (Å²) in [5.41, 5.74) is 0.561. The average Bonchev–Trinajstić information content (AvgIpc) is 2.84.